The summed E-state index contributed by atoms with van der Waals surface area (Å²) in [6.07, 6.45) is 5.06. The van der Waals surface area contributed by atoms with Gasteiger partial charge in [-0.2, -0.15) is 0 Å². The second kappa shape index (κ2) is 11.2. The van der Waals surface area contributed by atoms with Crippen LogP contribution in [0.5, 0.6) is 0 Å². The van der Waals surface area contributed by atoms with E-state index in [4.69, 9.17) is 14.1 Å². The molecule has 0 unspecified atom stereocenters. The number of amides is 1. The SMILES string of the molecule is Cc1ncsc1-c1cccc(CCn2ccnc2[C@@H]2C[C@@H](O[Si](C)(C)C(C)(C)C)CN2C(=O)OC(C)(C)C)c1. The van der Waals surface area contributed by atoms with Gasteiger partial charge < -0.3 is 13.7 Å². The van der Waals surface area contributed by atoms with E-state index in [0.717, 1.165) is 24.5 Å². The summed E-state index contributed by atoms with van der Waals surface area (Å²) in [6.45, 7) is 20.3. The Hall–Kier alpha value is -2.49. The Morgan fingerprint density at radius 1 is 1.15 bits per heavy atom. The zero-order valence-corrected chi connectivity index (χ0v) is 26.8. The van der Waals surface area contributed by atoms with Gasteiger partial charge >= 0.3 is 6.09 Å². The van der Waals surface area contributed by atoms with E-state index in [9.17, 15) is 4.79 Å². The standard InChI is InChI=1S/C30H44N4O3SSi/c1-21-26(38-20-32-21)23-12-10-11-22(17-23)13-15-33-16-14-31-27(33)25-18-24(37-39(8,9)30(5,6)7)19-34(25)28(35)36-29(2,3)4/h10-12,14,16-17,20,24-25H,13,15,18-19H2,1-9H3/t24-,25+/m1/s1. The molecule has 1 amide bonds. The molecule has 0 aliphatic carbocycles. The van der Waals surface area contributed by atoms with Gasteiger partial charge in [-0.3, -0.25) is 4.90 Å². The van der Waals surface area contributed by atoms with Crippen molar-refractivity contribution in [3.63, 3.8) is 0 Å². The fraction of sp³-hybridized carbons (Fsp3) is 0.567. The summed E-state index contributed by atoms with van der Waals surface area (Å²) < 4.78 is 14.8. The van der Waals surface area contributed by atoms with Gasteiger partial charge in [-0.15, -0.1) is 11.3 Å². The molecule has 0 bridgehead atoms. The number of ether oxygens (including phenoxy) is 1. The van der Waals surface area contributed by atoms with Crippen molar-refractivity contribution >= 4 is 25.7 Å². The fourth-order valence-corrected chi connectivity index (χ4v) is 6.91. The molecule has 1 aromatic carbocycles. The highest BCUT2D eigenvalue weighted by Crippen LogP contribution is 2.41. The van der Waals surface area contributed by atoms with E-state index in [-0.39, 0.29) is 23.3 Å². The number of rotatable bonds is 7. The van der Waals surface area contributed by atoms with Gasteiger partial charge in [-0.1, -0.05) is 45.0 Å². The molecule has 0 radical (unpaired) electrons. The average molecular weight is 569 g/mol. The largest absolute Gasteiger partial charge is 0.444 e. The highest BCUT2D eigenvalue weighted by atomic mass is 32.1. The van der Waals surface area contributed by atoms with Gasteiger partial charge in [0.2, 0.25) is 0 Å². The third-order valence-corrected chi connectivity index (χ3v) is 13.3. The molecule has 2 atom stereocenters. The molecule has 1 aliphatic heterocycles. The third kappa shape index (κ3) is 6.99. The van der Waals surface area contributed by atoms with Crippen LogP contribution < -0.4 is 0 Å². The minimum absolute atomic E-state index is 0.0483. The minimum Gasteiger partial charge on any atom is -0.444 e. The number of carbonyl (C=O) groups excluding carboxylic acids is 1. The quantitative estimate of drug-likeness (QED) is 0.274. The minimum atomic E-state index is -2.01. The van der Waals surface area contributed by atoms with E-state index in [1.807, 2.05) is 43.6 Å². The smallest absolute Gasteiger partial charge is 0.411 e. The number of hydrogen-bond donors (Lipinski definition) is 0. The summed E-state index contributed by atoms with van der Waals surface area (Å²) in [4.78, 5) is 25.6. The molecule has 1 aliphatic rings. The Bertz CT molecular complexity index is 1290. The maximum Gasteiger partial charge on any atom is 0.411 e. The molecule has 39 heavy (non-hydrogen) atoms. The zero-order chi connectivity index (χ0) is 28.6. The summed E-state index contributed by atoms with van der Waals surface area (Å²) in [6, 6.07) is 8.48. The van der Waals surface area contributed by atoms with Gasteiger partial charge in [0.15, 0.2) is 8.32 Å². The molecular weight excluding hydrogens is 525 g/mol. The van der Waals surface area contributed by atoms with Gasteiger partial charge in [0.05, 0.1) is 28.2 Å². The van der Waals surface area contributed by atoms with Crippen LogP contribution in [0.4, 0.5) is 4.79 Å². The van der Waals surface area contributed by atoms with Crippen LogP contribution in [-0.2, 0) is 22.1 Å². The summed E-state index contributed by atoms with van der Waals surface area (Å²) in [5.41, 5.74) is 4.85. The van der Waals surface area contributed by atoms with E-state index in [1.54, 1.807) is 11.3 Å². The zero-order valence-electron chi connectivity index (χ0n) is 24.9. The first-order valence-corrected chi connectivity index (χ1v) is 17.6. The number of aryl methyl sites for hydroxylation is 3. The molecule has 4 rings (SSSR count). The molecule has 2 aromatic heterocycles. The van der Waals surface area contributed by atoms with E-state index in [1.165, 1.54) is 16.0 Å². The third-order valence-electron chi connectivity index (χ3n) is 7.78. The van der Waals surface area contributed by atoms with Crippen molar-refractivity contribution in [2.75, 3.05) is 6.54 Å². The van der Waals surface area contributed by atoms with Gasteiger partial charge in [0.25, 0.3) is 0 Å². The summed E-state index contributed by atoms with van der Waals surface area (Å²) >= 11 is 1.67. The predicted octanol–water partition coefficient (Wildman–Crippen LogP) is 7.63. The van der Waals surface area contributed by atoms with Crippen LogP contribution in [0.15, 0.2) is 42.2 Å². The van der Waals surface area contributed by atoms with Crippen molar-refractivity contribution in [2.24, 2.45) is 0 Å². The lowest BCUT2D eigenvalue weighted by molar-refractivity contribution is 0.0200. The van der Waals surface area contributed by atoms with Gasteiger partial charge in [-0.25, -0.2) is 14.8 Å². The number of aromatic nitrogens is 3. The number of carbonyl (C=O) groups is 1. The Kier molecular flexibility index (Phi) is 8.45. The normalized spacial score (nSPS) is 18.5. The summed E-state index contributed by atoms with van der Waals surface area (Å²) in [7, 11) is -2.01. The lowest BCUT2D eigenvalue weighted by atomic mass is 10.1. The molecular formula is C30H44N4O3SSi. The molecule has 0 spiro atoms. The van der Waals surface area contributed by atoms with Gasteiger partial charge in [-0.05, 0) is 63.4 Å². The molecule has 3 aromatic rings. The summed E-state index contributed by atoms with van der Waals surface area (Å²) in [5.74, 6) is 0.886. The van der Waals surface area contributed by atoms with Crippen molar-refractivity contribution in [3.8, 4) is 10.4 Å². The van der Waals surface area contributed by atoms with Crippen LogP contribution in [-0.4, -0.2) is 52.1 Å². The molecule has 1 saturated heterocycles. The second-order valence-corrected chi connectivity index (χ2v) is 18.7. The van der Waals surface area contributed by atoms with Crippen LogP contribution in [0.1, 0.15) is 71.1 Å². The fourth-order valence-electron chi connectivity index (χ4n) is 4.75. The first-order chi connectivity index (χ1) is 18.1. The van der Waals surface area contributed by atoms with E-state index < -0.39 is 13.9 Å². The van der Waals surface area contributed by atoms with Crippen molar-refractivity contribution in [2.45, 2.75) is 104 Å². The lowest BCUT2D eigenvalue weighted by Gasteiger charge is -2.38. The van der Waals surface area contributed by atoms with Crippen LogP contribution in [0.2, 0.25) is 18.1 Å². The van der Waals surface area contributed by atoms with Crippen LogP contribution in [0.3, 0.4) is 0 Å². The van der Waals surface area contributed by atoms with Gasteiger partial charge in [0.1, 0.15) is 11.4 Å². The maximum atomic E-state index is 13.4. The highest BCUT2D eigenvalue weighted by Gasteiger charge is 2.45. The predicted molar refractivity (Wildman–Crippen MR) is 161 cm³/mol. The van der Waals surface area contributed by atoms with Crippen LogP contribution in [0.25, 0.3) is 10.4 Å². The molecule has 3 heterocycles. The molecule has 0 N–H and O–H groups in total. The molecule has 1 fully saturated rings. The number of hydrogen-bond acceptors (Lipinski definition) is 6. The Morgan fingerprint density at radius 3 is 2.54 bits per heavy atom. The monoisotopic (exact) mass is 568 g/mol. The van der Waals surface area contributed by atoms with E-state index in [2.05, 4.69) is 74.6 Å². The summed E-state index contributed by atoms with van der Waals surface area (Å²) in [5, 5.41) is 0.0898. The molecule has 7 nitrogen and oxygen atoms in total. The first-order valence-electron chi connectivity index (χ1n) is 13.8. The van der Waals surface area contributed by atoms with Crippen molar-refractivity contribution in [1.82, 2.24) is 19.4 Å². The number of likely N-dealkylation sites (tertiary alicyclic amines) is 1. The van der Waals surface area contributed by atoms with E-state index in [0.29, 0.717) is 13.0 Å². The molecule has 212 valence electrons. The second-order valence-electron chi connectivity index (χ2n) is 13.1. The Labute approximate surface area is 238 Å². The first kappa shape index (κ1) is 29.5. The topological polar surface area (TPSA) is 69.5 Å². The van der Waals surface area contributed by atoms with Crippen molar-refractivity contribution < 1.29 is 14.0 Å². The Morgan fingerprint density at radius 2 is 1.90 bits per heavy atom. The van der Waals surface area contributed by atoms with Crippen LogP contribution >= 0.6 is 11.3 Å². The molecule has 0 saturated carbocycles. The maximum absolute atomic E-state index is 13.4. The number of nitrogens with zero attached hydrogens (tertiary/aromatic N) is 4. The average Bonchev–Trinajstić information content (AvgIpc) is 3.55. The lowest BCUT2D eigenvalue weighted by Crippen LogP contribution is -2.45. The van der Waals surface area contributed by atoms with Crippen molar-refractivity contribution in [3.05, 3.63) is 59.3 Å². The van der Waals surface area contributed by atoms with Crippen LogP contribution in [0, 0.1) is 6.92 Å². The van der Waals surface area contributed by atoms with Crippen molar-refractivity contribution in [1.29, 1.82) is 0 Å². The highest BCUT2D eigenvalue weighted by molar-refractivity contribution is 7.13. The Balaban J connectivity index is 1.54. The van der Waals surface area contributed by atoms with Gasteiger partial charge in [0, 0.05) is 31.9 Å². The molecule has 9 heteroatoms. The number of imidazole rings is 1. The number of benzene rings is 1. The van der Waals surface area contributed by atoms with E-state index >= 15 is 0 Å². The number of thiazole rings is 1.